The van der Waals surface area contributed by atoms with Crippen molar-refractivity contribution in [1.29, 1.82) is 0 Å². The molecule has 1 atom stereocenters. The summed E-state index contributed by atoms with van der Waals surface area (Å²) in [6.45, 7) is 0.194. The lowest BCUT2D eigenvalue weighted by Crippen LogP contribution is -2.45. The topological polar surface area (TPSA) is 90.2 Å². The quantitative estimate of drug-likeness (QED) is 0.439. The molecule has 0 unspecified atom stereocenters. The van der Waals surface area contributed by atoms with Gasteiger partial charge in [-0.15, -0.1) is 0 Å². The summed E-state index contributed by atoms with van der Waals surface area (Å²) in [5, 5.41) is 3.17. The fourth-order valence-corrected chi connectivity index (χ4v) is 4.68. The molecule has 1 aliphatic carbocycles. The first-order chi connectivity index (χ1) is 17.5. The van der Waals surface area contributed by atoms with Gasteiger partial charge in [0.25, 0.3) is 5.91 Å². The number of ether oxygens (including phenoxy) is 3. The minimum atomic E-state index is -0.975. The normalized spacial score (nSPS) is 14.2. The molecule has 1 heterocycles. The number of nitrogens with one attached hydrogen (secondary N) is 1. The van der Waals surface area contributed by atoms with E-state index < -0.39 is 11.9 Å². The molecule has 0 saturated heterocycles. The van der Waals surface area contributed by atoms with Gasteiger partial charge in [-0.05, 0) is 48.2 Å². The van der Waals surface area contributed by atoms with Gasteiger partial charge in [0.1, 0.15) is 6.04 Å². The minimum Gasteiger partial charge on any atom is -0.493 e. The van der Waals surface area contributed by atoms with Gasteiger partial charge in [-0.1, -0.05) is 43.2 Å². The highest BCUT2D eigenvalue weighted by molar-refractivity contribution is 5.96. The van der Waals surface area contributed by atoms with Crippen LogP contribution in [0.4, 0.5) is 0 Å². The molecule has 8 nitrogen and oxygen atoms in total. The predicted octanol–water partition coefficient (Wildman–Crippen LogP) is 4.75. The van der Waals surface area contributed by atoms with Gasteiger partial charge in [-0.2, -0.15) is 0 Å². The Morgan fingerprint density at radius 3 is 2.19 bits per heavy atom. The fourth-order valence-electron chi connectivity index (χ4n) is 4.68. The van der Waals surface area contributed by atoms with Crippen LogP contribution in [0, 0.1) is 0 Å². The van der Waals surface area contributed by atoms with Crippen LogP contribution in [0.5, 0.6) is 17.2 Å². The van der Waals surface area contributed by atoms with E-state index in [1.54, 1.807) is 24.3 Å². The Balaban J connectivity index is 1.83. The fraction of sp³-hybridized carbons (Fsp3) is 0.357. The van der Waals surface area contributed by atoms with Crippen LogP contribution in [-0.4, -0.2) is 44.1 Å². The van der Waals surface area contributed by atoms with Crippen molar-refractivity contribution in [2.75, 3.05) is 21.3 Å². The lowest BCUT2D eigenvalue weighted by molar-refractivity contribution is -0.126. The van der Waals surface area contributed by atoms with E-state index in [0.717, 1.165) is 31.2 Å². The van der Waals surface area contributed by atoms with Crippen LogP contribution < -0.4 is 19.5 Å². The van der Waals surface area contributed by atoms with Gasteiger partial charge in [-0.25, -0.2) is 0 Å². The summed E-state index contributed by atoms with van der Waals surface area (Å²) in [5.41, 5.74) is 1.42. The third kappa shape index (κ3) is 5.48. The molecule has 0 aliphatic heterocycles. The smallest absolute Gasteiger partial charge is 0.290 e. The van der Waals surface area contributed by atoms with Crippen molar-refractivity contribution >= 4 is 11.8 Å². The van der Waals surface area contributed by atoms with Gasteiger partial charge in [0.2, 0.25) is 11.7 Å². The van der Waals surface area contributed by atoms with Crippen molar-refractivity contribution in [3.05, 3.63) is 77.7 Å². The number of amides is 2. The summed E-state index contributed by atoms with van der Waals surface area (Å²) >= 11 is 0. The average molecular weight is 493 g/mol. The lowest BCUT2D eigenvalue weighted by Gasteiger charge is -2.32. The van der Waals surface area contributed by atoms with Gasteiger partial charge in [0, 0.05) is 12.6 Å². The zero-order chi connectivity index (χ0) is 25.5. The molecule has 1 saturated carbocycles. The average Bonchev–Trinajstić information content (AvgIpc) is 3.62. The summed E-state index contributed by atoms with van der Waals surface area (Å²) in [6.07, 6.45) is 5.41. The van der Waals surface area contributed by atoms with E-state index in [9.17, 15) is 9.59 Å². The van der Waals surface area contributed by atoms with Crippen LogP contribution in [0.3, 0.4) is 0 Å². The van der Waals surface area contributed by atoms with Crippen molar-refractivity contribution in [2.24, 2.45) is 0 Å². The molecule has 1 aliphatic rings. The molecule has 1 aromatic heterocycles. The molecular formula is C28H32N2O6. The molecule has 2 amide bonds. The maximum atomic E-state index is 13.9. The second-order valence-electron chi connectivity index (χ2n) is 8.75. The van der Waals surface area contributed by atoms with Gasteiger partial charge < -0.3 is 28.8 Å². The van der Waals surface area contributed by atoms with Gasteiger partial charge >= 0.3 is 0 Å². The first kappa shape index (κ1) is 25.2. The third-order valence-electron chi connectivity index (χ3n) is 6.45. The molecular weight excluding hydrogens is 460 g/mol. The molecule has 3 aromatic rings. The van der Waals surface area contributed by atoms with Gasteiger partial charge in [0.05, 0.1) is 27.6 Å². The van der Waals surface area contributed by atoms with E-state index in [-0.39, 0.29) is 24.3 Å². The zero-order valence-corrected chi connectivity index (χ0v) is 20.9. The Hall–Kier alpha value is -3.94. The summed E-state index contributed by atoms with van der Waals surface area (Å²) in [6, 6.07) is 15.3. The number of carbonyl (C=O) groups is 2. The standard InChI is InChI=1S/C28H32N2O6/c1-33-23-16-20(17-24(34-2)26(23)35-3)25(27(31)29-21-12-7-8-13-21)30(18-19-10-5-4-6-11-19)28(32)22-14-9-15-36-22/h4-6,9-11,14-17,21,25H,7-8,12-13,18H2,1-3H3,(H,29,31)/t25-/m1/s1. The Morgan fingerprint density at radius 1 is 0.972 bits per heavy atom. The van der Waals surface area contributed by atoms with E-state index in [4.69, 9.17) is 18.6 Å². The van der Waals surface area contributed by atoms with Crippen LogP contribution >= 0.6 is 0 Å². The summed E-state index contributed by atoms with van der Waals surface area (Å²) in [7, 11) is 4.56. The molecule has 8 heteroatoms. The zero-order valence-electron chi connectivity index (χ0n) is 20.9. The van der Waals surface area contributed by atoms with Crippen LogP contribution in [0.2, 0.25) is 0 Å². The Labute approximate surface area is 211 Å². The summed E-state index contributed by atoms with van der Waals surface area (Å²) < 4.78 is 22.0. The number of hydrogen-bond donors (Lipinski definition) is 1. The molecule has 0 radical (unpaired) electrons. The third-order valence-corrected chi connectivity index (χ3v) is 6.45. The Morgan fingerprint density at radius 2 is 1.64 bits per heavy atom. The van der Waals surface area contributed by atoms with Crippen molar-refractivity contribution in [2.45, 2.75) is 44.3 Å². The first-order valence-electron chi connectivity index (χ1n) is 12.0. The molecule has 1 N–H and O–H groups in total. The number of rotatable bonds is 10. The van der Waals surface area contributed by atoms with E-state index in [0.29, 0.717) is 22.8 Å². The maximum Gasteiger partial charge on any atom is 0.290 e. The molecule has 0 spiro atoms. The first-order valence-corrected chi connectivity index (χ1v) is 12.0. The van der Waals surface area contributed by atoms with Gasteiger partial charge in [-0.3, -0.25) is 9.59 Å². The number of methoxy groups -OCH3 is 3. The maximum absolute atomic E-state index is 13.9. The van der Waals surface area contributed by atoms with Gasteiger partial charge in [0.15, 0.2) is 17.3 Å². The Kier molecular flexibility index (Phi) is 8.15. The molecule has 36 heavy (non-hydrogen) atoms. The van der Waals surface area contributed by atoms with Crippen molar-refractivity contribution in [3.8, 4) is 17.2 Å². The van der Waals surface area contributed by atoms with Crippen molar-refractivity contribution in [3.63, 3.8) is 0 Å². The molecule has 4 rings (SSSR count). The van der Waals surface area contributed by atoms with Crippen LogP contribution in [0.25, 0.3) is 0 Å². The van der Waals surface area contributed by atoms with Crippen LogP contribution in [0.1, 0.15) is 53.4 Å². The molecule has 190 valence electrons. The second-order valence-corrected chi connectivity index (χ2v) is 8.75. The number of furan rings is 1. The summed E-state index contributed by atoms with van der Waals surface area (Å²) in [4.78, 5) is 29.2. The van der Waals surface area contributed by atoms with Crippen LogP contribution in [-0.2, 0) is 11.3 Å². The largest absolute Gasteiger partial charge is 0.493 e. The highest BCUT2D eigenvalue weighted by Crippen LogP contribution is 2.41. The number of benzene rings is 2. The molecule has 0 bridgehead atoms. The molecule has 1 fully saturated rings. The minimum absolute atomic E-state index is 0.0688. The second kappa shape index (κ2) is 11.7. The summed E-state index contributed by atoms with van der Waals surface area (Å²) in [5.74, 6) is 0.685. The van der Waals surface area contributed by atoms with E-state index in [1.807, 2.05) is 30.3 Å². The van der Waals surface area contributed by atoms with E-state index in [2.05, 4.69) is 5.32 Å². The number of hydrogen-bond acceptors (Lipinski definition) is 6. The van der Waals surface area contributed by atoms with E-state index in [1.165, 1.54) is 32.5 Å². The van der Waals surface area contributed by atoms with E-state index >= 15 is 0 Å². The highest BCUT2D eigenvalue weighted by Gasteiger charge is 2.36. The van der Waals surface area contributed by atoms with Crippen molar-refractivity contribution < 1.29 is 28.2 Å². The van der Waals surface area contributed by atoms with Crippen molar-refractivity contribution in [1.82, 2.24) is 10.2 Å². The SMILES string of the molecule is COc1cc([C@H](C(=O)NC2CCCC2)N(Cc2ccccc2)C(=O)c2ccco2)cc(OC)c1OC. The lowest BCUT2D eigenvalue weighted by atomic mass is 10.0. The highest BCUT2D eigenvalue weighted by atomic mass is 16.5. The molecule has 2 aromatic carbocycles. The Bertz CT molecular complexity index is 1130. The predicted molar refractivity (Wildman–Crippen MR) is 134 cm³/mol. The number of nitrogens with zero attached hydrogens (tertiary/aromatic N) is 1. The van der Waals surface area contributed by atoms with Crippen LogP contribution in [0.15, 0.2) is 65.3 Å². The monoisotopic (exact) mass is 492 g/mol. The number of carbonyl (C=O) groups excluding carboxylic acids is 2.